The summed E-state index contributed by atoms with van der Waals surface area (Å²) in [6.07, 6.45) is 5.97. The number of carboxylic acid groups (broad SMARTS) is 1. The molecule has 0 amide bonds. The summed E-state index contributed by atoms with van der Waals surface area (Å²) in [5.74, 6) is -0.0805. The molecule has 0 aliphatic heterocycles. The SMILES string of the molecule is O=C(O)CN(Cc1cncc(Br)c1)CC1CC1. The Labute approximate surface area is 109 Å². The standard InChI is InChI=1S/C12H15BrN2O2/c13-11-3-10(4-14-5-11)7-15(8-12(16)17)6-9-1-2-9/h3-5,9H,1-2,6-8H2,(H,16,17). The van der Waals surface area contributed by atoms with Gasteiger partial charge >= 0.3 is 5.97 Å². The van der Waals surface area contributed by atoms with Crippen molar-refractivity contribution in [1.82, 2.24) is 9.88 Å². The van der Waals surface area contributed by atoms with Crippen LogP contribution in [0.4, 0.5) is 0 Å². The van der Waals surface area contributed by atoms with Gasteiger partial charge in [0.05, 0.1) is 6.54 Å². The van der Waals surface area contributed by atoms with Crippen molar-refractivity contribution in [2.75, 3.05) is 13.1 Å². The predicted octanol–water partition coefficient (Wildman–Crippen LogP) is 2.14. The van der Waals surface area contributed by atoms with E-state index < -0.39 is 5.97 Å². The number of carbonyl (C=O) groups is 1. The zero-order valence-electron chi connectivity index (χ0n) is 9.47. The van der Waals surface area contributed by atoms with Crippen molar-refractivity contribution < 1.29 is 9.90 Å². The first-order chi connectivity index (χ1) is 8.13. The minimum Gasteiger partial charge on any atom is -0.480 e. The van der Waals surface area contributed by atoms with Crippen LogP contribution in [-0.2, 0) is 11.3 Å². The van der Waals surface area contributed by atoms with Gasteiger partial charge < -0.3 is 5.11 Å². The number of aromatic nitrogens is 1. The van der Waals surface area contributed by atoms with Gasteiger partial charge in [0.25, 0.3) is 0 Å². The first-order valence-electron chi connectivity index (χ1n) is 5.67. The van der Waals surface area contributed by atoms with Gasteiger partial charge in [-0.1, -0.05) is 0 Å². The molecule has 2 rings (SSSR count). The number of carboxylic acids is 1. The lowest BCUT2D eigenvalue weighted by Gasteiger charge is -2.19. The van der Waals surface area contributed by atoms with Gasteiger partial charge in [0.2, 0.25) is 0 Å². The van der Waals surface area contributed by atoms with E-state index in [1.54, 1.807) is 12.4 Å². The van der Waals surface area contributed by atoms with Crippen LogP contribution in [0.1, 0.15) is 18.4 Å². The van der Waals surface area contributed by atoms with Crippen LogP contribution in [0.2, 0.25) is 0 Å². The highest BCUT2D eigenvalue weighted by Gasteiger charge is 2.25. The third-order valence-corrected chi connectivity index (χ3v) is 3.17. The first-order valence-corrected chi connectivity index (χ1v) is 6.46. The second-order valence-corrected chi connectivity index (χ2v) is 5.43. The summed E-state index contributed by atoms with van der Waals surface area (Å²) in [6, 6.07) is 1.98. The monoisotopic (exact) mass is 298 g/mol. The zero-order chi connectivity index (χ0) is 12.3. The fourth-order valence-electron chi connectivity index (χ4n) is 1.84. The fourth-order valence-corrected chi connectivity index (χ4v) is 2.25. The molecule has 0 unspecified atom stereocenters. The highest BCUT2D eigenvalue weighted by molar-refractivity contribution is 9.10. The lowest BCUT2D eigenvalue weighted by atomic mass is 10.2. The van der Waals surface area contributed by atoms with Crippen molar-refractivity contribution in [2.45, 2.75) is 19.4 Å². The van der Waals surface area contributed by atoms with Gasteiger partial charge in [-0.05, 0) is 46.3 Å². The molecule has 1 aromatic heterocycles. The van der Waals surface area contributed by atoms with E-state index in [-0.39, 0.29) is 6.54 Å². The van der Waals surface area contributed by atoms with Crippen molar-refractivity contribution in [3.8, 4) is 0 Å². The number of nitrogens with zero attached hydrogens (tertiary/aromatic N) is 2. The van der Waals surface area contributed by atoms with Crippen LogP contribution in [0.25, 0.3) is 0 Å². The molecule has 1 fully saturated rings. The number of aliphatic carboxylic acids is 1. The second-order valence-electron chi connectivity index (χ2n) is 4.52. The Kier molecular flexibility index (Phi) is 4.12. The number of hydrogen-bond donors (Lipinski definition) is 1. The molecule has 1 aliphatic carbocycles. The maximum atomic E-state index is 10.8. The Morgan fingerprint density at radius 1 is 1.53 bits per heavy atom. The third kappa shape index (κ3) is 4.44. The van der Waals surface area contributed by atoms with Gasteiger partial charge in [-0.15, -0.1) is 0 Å². The van der Waals surface area contributed by atoms with E-state index in [1.807, 2.05) is 11.0 Å². The highest BCUT2D eigenvalue weighted by atomic mass is 79.9. The van der Waals surface area contributed by atoms with Crippen LogP contribution in [0.15, 0.2) is 22.9 Å². The molecule has 1 aliphatic rings. The summed E-state index contributed by atoms with van der Waals surface area (Å²) in [6.45, 7) is 1.62. The van der Waals surface area contributed by atoms with E-state index in [0.29, 0.717) is 12.5 Å². The molecule has 1 saturated carbocycles. The van der Waals surface area contributed by atoms with Gasteiger partial charge in [-0.25, -0.2) is 0 Å². The Balaban J connectivity index is 1.97. The van der Waals surface area contributed by atoms with Gasteiger partial charge in [-0.2, -0.15) is 0 Å². The summed E-state index contributed by atoms with van der Waals surface area (Å²) in [7, 11) is 0. The number of rotatable bonds is 6. The molecule has 0 saturated heterocycles. The van der Waals surface area contributed by atoms with E-state index in [1.165, 1.54) is 12.8 Å². The van der Waals surface area contributed by atoms with Crippen molar-refractivity contribution in [3.05, 3.63) is 28.5 Å². The molecule has 1 aromatic rings. The van der Waals surface area contributed by atoms with Crippen LogP contribution in [0.3, 0.4) is 0 Å². The summed E-state index contributed by atoms with van der Waals surface area (Å²) >= 11 is 3.37. The molecule has 0 aromatic carbocycles. The molecular weight excluding hydrogens is 284 g/mol. The molecule has 1 N–H and O–H groups in total. The van der Waals surface area contributed by atoms with Crippen LogP contribution in [-0.4, -0.2) is 34.0 Å². The smallest absolute Gasteiger partial charge is 0.317 e. The Morgan fingerprint density at radius 2 is 2.29 bits per heavy atom. The minimum absolute atomic E-state index is 0.100. The number of halogens is 1. The molecule has 92 valence electrons. The molecule has 0 radical (unpaired) electrons. The number of pyridine rings is 1. The Hall–Kier alpha value is -0.940. The first kappa shape index (κ1) is 12.5. The van der Waals surface area contributed by atoms with E-state index in [9.17, 15) is 4.79 Å². The predicted molar refractivity (Wildman–Crippen MR) is 67.6 cm³/mol. The second kappa shape index (κ2) is 5.60. The molecule has 0 atom stereocenters. The average molecular weight is 299 g/mol. The van der Waals surface area contributed by atoms with Crippen LogP contribution in [0.5, 0.6) is 0 Å². The minimum atomic E-state index is -0.770. The van der Waals surface area contributed by atoms with Gasteiger partial charge in [0.15, 0.2) is 0 Å². The summed E-state index contributed by atoms with van der Waals surface area (Å²) in [5, 5.41) is 8.88. The van der Waals surface area contributed by atoms with Gasteiger partial charge in [0, 0.05) is 30.0 Å². The Bertz CT molecular complexity index is 407. The lowest BCUT2D eigenvalue weighted by Crippen LogP contribution is -2.31. The Morgan fingerprint density at radius 3 is 2.88 bits per heavy atom. The molecule has 17 heavy (non-hydrogen) atoms. The van der Waals surface area contributed by atoms with E-state index >= 15 is 0 Å². The average Bonchev–Trinajstić information content (AvgIpc) is 3.00. The van der Waals surface area contributed by atoms with E-state index in [0.717, 1.165) is 16.6 Å². The molecule has 0 bridgehead atoms. The molecule has 5 heteroatoms. The zero-order valence-corrected chi connectivity index (χ0v) is 11.1. The quantitative estimate of drug-likeness (QED) is 0.874. The molecule has 0 spiro atoms. The maximum absolute atomic E-state index is 10.8. The third-order valence-electron chi connectivity index (χ3n) is 2.74. The van der Waals surface area contributed by atoms with Crippen LogP contribution >= 0.6 is 15.9 Å². The fraction of sp³-hybridized carbons (Fsp3) is 0.500. The van der Waals surface area contributed by atoms with Crippen molar-refractivity contribution in [1.29, 1.82) is 0 Å². The highest BCUT2D eigenvalue weighted by Crippen LogP contribution is 2.30. The lowest BCUT2D eigenvalue weighted by molar-refractivity contribution is -0.138. The maximum Gasteiger partial charge on any atom is 0.317 e. The van der Waals surface area contributed by atoms with Crippen LogP contribution < -0.4 is 0 Å². The van der Waals surface area contributed by atoms with Gasteiger partial charge in [0.1, 0.15) is 0 Å². The number of hydrogen-bond acceptors (Lipinski definition) is 3. The largest absolute Gasteiger partial charge is 0.480 e. The van der Waals surface area contributed by atoms with E-state index in [2.05, 4.69) is 20.9 Å². The van der Waals surface area contributed by atoms with E-state index in [4.69, 9.17) is 5.11 Å². The molecule has 1 heterocycles. The topological polar surface area (TPSA) is 53.4 Å². The molecule has 4 nitrogen and oxygen atoms in total. The van der Waals surface area contributed by atoms with Gasteiger partial charge in [-0.3, -0.25) is 14.7 Å². The normalized spacial score (nSPS) is 15.2. The summed E-state index contributed by atoms with van der Waals surface area (Å²) in [5.41, 5.74) is 1.04. The summed E-state index contributed by atoms with van der Waals surface area (Å²) < 4.78 is 0.927. The van der Waals surface area contributed by atoms with Crippen molar-refractivity contribution >= 4 is 21.9 Å². The summed E-state index contributed by atoms with van der Waals surface area (Å²) in [4.78, 5) is 16.9. The molecular formula is C12H15BrN2O2. The van der Waals surface area contributed by atoms with Crippen molar-refractivity contribution in [2.24, 2.45) is 5.92 Å². The van der Waals surface area contributed by atoms with Crippen molar-refractivity contribution in [3.63, 3.8) is 0 Å². The van der Waals surface area contributed by atoms with Crippen LogP contribution in [0, 0.1) is 5.92 Å².